The lowest BCUT2D eigenvalue weighted by molar-refractivity contribution is -0.0509. The molecule has 102 valence electrons. The first kappa shape index (κ1) is 14.9. The van der Waals surface area contributed by atoms with Crippen LogP contribution in [0.3, 0.4) is 0 Å². The van der Waals surface area contributed by atoms with Crippen molar-refractivity contribution in [1.82, 2.24) is 10.2 Å². The highest BCUT2D eigenvalue weighted by atomic mass is 16.5. The summed E-state index contributed by atoms with van der Waals surface area (Å²) < 4.78 is 5.62. The second-order valence-electron chi connectivity index (χ2n) is 5.57. The van der Waals surface area contributed by atoms with Crippen molar-refractivity contribution in [2.75, 3.05) is 33.8 Å². The van der Waals surface area contributed by atoms with E-state index in [9.17, 15) is 0 Å². The summed E-state index contributed by atoms with van der Waals surface area (Å²) in [5.74, 6) is 0. The van der Waals surface area contributed by atoms with Gasteiger partial charge in [-0.3, -0.25) is 0 Å². The number of rotatable bonds is 7. The number of nitrogens with zero attached hydrogens (tertiary/aromatic N) is 1. The molecule has 3 heteroatoms. The van der Waals surface area contributed by atoms with Crippen LogP contribution in [-0.4, -0.2) is 50.3 Å². The Balaban J connectivity index is 2.23. The molecule has 1 rings (SSSR count). The molecular formula is C14H30N2O. The third kappa shape index (κ3) is 4.94. The molecule has 0 saturated carbocycles. The number of likely N-dealkylation sites (tertiary alicyclic amines) is 1. The van der Waals surface area contributed by atoms with Gasteiger partial charge in [-0.15, -0.1) is 0 Å². The van der Waals surface area contributed by atoms with Crippen LogP contribution < -0.4 is 5.32 Å². The van der Waals surface area contributed by atoms with Crippen molar-refractivity contribution in [3.63, 3.8) is 0 Å². The average molecular weight is 242 g/mol. The summed E-state index contributed by atoms with van der Waals surface area (Å²) >= 11 is 0. The molecule has 0 aromatic heterocycles. The first-order valence-electron chi connectivity index (χ1n) is 7.08. The fourth-order valence-corrected chi connectivity index (χ4v) is 2.78. The first-order chi connectivity index (χ1) is 8.13. The fourth-order valence-electron chi connectivity index (χ4n) is 2.78. The summed E-state index contributed by atoms with van der Waals surface area (Å²) in [5, 5.41) is 3.37. The Kier molecular flexibility index (Phi) is 6.45. The van der Waals surface area contributed by atoms with E-state index in [1.54, 1.807) is 0 Å². The molecule has 0 radical (unpaired) electrons. The summed E-state index contributed by atoms with van der Waals surface area (Å²) in [4.78, 5) is 2.56. The minimum atomic E-state index is 0.0887. The third-order valence-corrected chi connectivity index (χ3v) is 4.16. The number of nitrogens with one attached hydrogen (secondary N) is 1. The Bertz CT molecular complexity index is 206. The lowest BCUT2D eigenvalue weighted by atomic mass is 9.94. The van der Waals surface area contributed by atoms with E-state index in [1.807, 2.05) is 7.11 Å². The van der Waals surface area contributed by atoms with Gasteiger partial charge < -0.3 is 15.0 Å². The predicted octanol–water partition coefficient (Wildman–Crippen LogP) is 2.27. The highest BCUT2D eigenvalue weighted by molar-refractivity contribution is 4.84. The maximum Gasteiger partial charge on any atom is 0.0777 e. The van der Waals surface area contributed by atoms with Crippen LogP contribution in [-0.2, 0) is 4.74 Å². The summed E-state index contributed by atoms with van der Waals surface area (Å²) in [6.07, 6.45) is 6.28. The second kappa shape index (κ2) is 7.34. The molecule has 17 heavy (non-hydrogen) atoms. The van der Waals surface area contributed by atoms with E-state index in [2.05, 4.69) is 31.1 Å². The molecule has 0 aliphatic carbocycles. The van der Waals surface area contributed by atoms with Gasteiger partial charge in [-0.1, -0.05) is 6.92 Å². The Morgan fingerprint density at radius 3 is 2.82 bits per heavy atom. The van der Waals surface area contributed by atoms with Crippen LogP contribution in [0, 0.1) is 0 Å². The molecule has 0 amide bonds. The monoisotopic (exact) mass is 242 g/mol. The van der Waals surface area contributed by atoms with E-state index < -0.39 is 0 Å². The van der Waals surface area contributed by atoms with E-state index in [0.29, 0.717) is 6.04 Å². The summed E-state index contributed by atoms with van der Waals surface area (Å²) in [6, 6.07) is 0.689. The van der Waals surface area contributed by atoms with Crippen LogP contribution in [0.2, 0.25) is 0 Å². The molecule has 1 fully saturated rings. The van der Waals surface area contributed by atoms with Gasteiger partial charge in [0.2, 0.25) is 0 Å². The van der Waals surface area contributed by atoms with Gasteiger partial charge in [0.15, 0.2) is 0 Å². The molecule has 2 atom stereocenters. The van der Waals surface area contributed by atoms with E-state index >= 15 is 0 Å². The molecule has 1 aliphatic rings. The third-order valence-electron chi connectivity index (χ3n) is 4.16. The number of methoxy groups -OCH3 is 1. The smallest absolute Gasteiger partial charge is 0.0777 e. The van der Waals surface area contributed by atoms with Crippen LogP contribution in [0.15, 0.2) is 0 Å². The quantitative estimate of drug-likeness (QED) is 0.741. The van der Waals surface area contributed by atoms with Crippen molar-refractivity contribution >= 4 is 0 Å². The fraction of sp³-hybridized carbons (Fsp3) is 1.00. The van der Waals surface area contributed by atoms with Gasteiger partial charge in [0.1, 0.15) is 0 Å². The molecule has 2 unspecified atom stereocenters. The highest BCUT2D eigenvalue weighted by Gasteiger charge is 2.30. The number of hydrogen-bond acceptors (Lipinski definition) is 3. The topological polar surface area (TPSA) is 24.5 Å². The van der Waals surface area contributed by atoms with Gasteiger partial charge in [-0.2, -0.15) is 0 Å². The second-order valence-corrected chi connectivity index (χ2v) is 5.57. The number of ether oxygens (including phenoxy) is 1. The van der Waals surface area contributed by atoms with Crippen molar-refractivity contribution in [3.05, 3.63) is 0 Å². The molecule has 1 heterocycles. The highest BCUT2D eigenvalue weighted by Crippen LogP contribution is 2.23. The van der Waals surface area contributed by atoms with Crippen LogP contribution >= 0.6 is 0 Å². The lowest BCUT2D eigenvalue weighted by Gasteiger charge is -2.39. The normalized spacial score (nSPS) is 28.2. The molecule has 1 aliphatic heterocycles. The van der Waals surface area contributed by atoms with Crippen molar-refractivity contribution < 1.29 is 4.74 Å². The SMILES string of the molecule is CCC(CCCN1CCCC(C)(OC)C1)NC. The van der Waals surface area contributed by atoms with E-state index in [1.165, 1.54) is 45.2 Å². The van der Waals surface area contributed by atoms with Crippen molar-refractivity contribution in [2.45, 2.75) is 57.6 Å². The van der Waals surface area contributed by atoms with Gasteiger partial charge in [0.25, 0.3) is 0 Å². The first-order valence-corrected chi connectivity index (χ1v) is 7.08. The van der Waals surface area contributed by atoms with Gasteiger partial charge in [0.05, 0.1) is 5.60 Å². The van der Waals surface area contributed by atoms with E-state index in [4.69, 9.17) is 4.74 Å². The molecule has 0 aromatic rings. The summed E-state index contributed by atoms with van der Waals surface area (Å²) in [7, 11) is 3.91. The Hall–Kier alpha value is -0.120. The average Bonchev–Trinajstić information content (AvgIpc) is 2.35. The maximum atomic E-state index is 5.62. The Labute approximate surface area is 107 Å². The Morgan fingerprint density at radius 2 is 2.24 bits per heavy atom. The zero-order valence-corrected chi connectivity index (χ0v) is 12.1. The summed E-state index contributed by atoms with van der Waals surface area (Å²) in [5.41, 5.74) is 0.0887. The molecule has 3 nitrogen and oxygen atoms in total. The molecule has 0 aromatic carbocycles. The van der Waals surface area contributed by atoms with Crippen molar-refractivity contribution in [2.24, 2.45) is 0 Å². The molecule has 0 bridgehead atoms. The zero-order valence-electron chi connectivity index (χ0n) is 12.1. The Morgan fingerprint density at radius 1 is 1.47 bits per heavy atom. The van der Waals surface area contributed by atoms with E-state index in [0.717, 1.165) is 6.54 Å². The van der Waals surface area contributed by atoms with Gasteiger partial charge in [0, 0.05) is 19.7 Å². The summed E-state index contributed by atoms with van der Waals surface area (Å²) in [6.45, 7) is 8.05. The molecular weight excluding hydrogens is 212 g/mol. The molecule has 1 N–H and O–H groups in total. The van der Waals surface area contributed by atoms with Gasteiger partial charge in [-0.05, 0) is 59.2 Å². The largest absolute Gasteiger partial charge is 0.377 e. The van der Waals surface area contributed by atoms with Crippen molar-refractivity contribution in [3.8, 4) is 0 Å². The van der Waals surface area contributed by atoms with Crippen LogP contribution in [0.4, 0.5) is 0 Å². The predicted molar refractivity (Wildman–Crippen MR) is 73.5 cm³/mol. The maximum absolute atomic E-state index is 5.62. The van der Waals surface area contributed by atoms with Crippen molar-refractivity contribution in [1.29, 1.82) is 0 Å². The standard InChI is InChI=1S/C14H30N2O/c1-5-13(15-3)8-6-10-16-11-7-9-14(2,12-16)17-4/h13,15H,5-12H2,1-4H3. The van der Waals surface area contributed by atoms with E-state index in [-0.39, 0.29) is 5.60 Å². The van der Waals surface area contributed by atoms with Gasteiger partial charge in [-0.25, -0.2) is 0 Å². The van der Waals surface area contributed by atoms with Crippen LogP contribution in [0.25, 0.3) is 0 Å². The lowest BCUT2D eigenvalue weighted by Crippen LogP contribution is -2.47. The van der Waals surface area contributed by atoms with Gasteiger partial charge >= 0.3 is 0 Å². The number of piperidine rings is 1. The minimum absolute atomic E-state index is 0.0887. The molecule has 1 saturated heterocycles. The van der Waals surface area contributed by atoms with Crippen LogP contribution in [0.5, 0.6) is 0 Å². The molecule has 0 spiro atoms. The minimum Gasteiger partial charge on any atom is -0.377 e. The zero-order chi connectivity index (χ0) is 12.7. The van der Waals surface area contributed by atoms with Crippen LogP contribution in [0.1, 0.15) is 46.0 Å². The number of hydrogen-bond donors (Lipinski definition) is 1.